The van der Waals surface area contributed by atoms with Gasteiger partial charge < -0.3 is 30.3 Å². The van der Waals surface area contributed by atoms with Gasteiger partial charge in [0, 0.05) is 32.7 Å². The van der Waals surface area contributed by atoms with Crippen molar-refractivity contribution in [3.05, 3.63) is 24.3 Å². The number of ether oxygens (including phenoxy) is 1. The zero-order chi connectivity index (χ0) is 17.8. The summed E-state index contributed by atoms with van der Waals surface area (Å²) in [5, 5.41) is 9.08. The molecule has 8 heteroatoms. The van der Waals surface area contributed by atoms with Crippen molar-refractivity contribution in [1.29, 1.82) is 0 Å². The fraction of sp³-hybridized carbons (Fsp3) is 0.529. The molecule has 8 nitrogen and oxygen atoms in total. The molecule has 0 aromatic heterocycles. The van der Waals surface area contributed by atoms with Crippen LogP contribution in [-0.2, 0) is 9.53 Å². The van der Waals surface area contributed by atoms with Crippen molar-refractivity contribution in [1.82, 2.24) is 4.90 Å². The molecule has 2 aliphatic heterocycles. The number of aliphatic imine (C=N–C) groups is 1. The van der Waals surface area contributed by atoms with Crippen LogP contribution < -0.4 is 15.5 Å². The molecular weight excluding hydrogens is 322 g/mol. The van der Waals surface area contributed by atoms with Crippen molar-refractivity contribution in [3.8, 4) is 0 Å². The maximum absolute atomic E-state index is 11.1. The minimum atomic E-state index is -1.19. The highest BCUT2D eigenvalue weighted by molar-refractivity contribution is 6.33. The number of amidine groups is 1. The molecule has 0 spiro atoms. The van der Waals surface area contributed by atoms with Crippen LogP contribution >= 0.6 is 0 Å². The molecule has 1 unspecified atom stereocenters. The van der Waals surface area contributed by atoms with Gasteiger partial charge in [0.1, 0.15) is 6.17 Å². The van der Waals surface area contributed by atoms with Gasteiger partial charge in [-0.15, -0.1) is 0 Å². The van der Waals surface area contributed by atoms with E-state index in [-0.39, 0.29) is 12.0 Å². The van der Waals surface area contributed by atoms with Crippen molar-refractivity contribution in [2.45, 2.75) is 6.17 Å². The van der Waals surface area contributed by atoms with Crippen LogP contribution in [0.1, 0.15) is 0 Å². The van der Waals surface area contributed by atoms with E-state index in [1.54, 1.807) is 0 Å². The third kappa shape index (κ3) is 4.02. The number of carboxylic acid groups (broad SMARTS) is 1. The van der Waals surface area contributed by atoms with Crippen LogP contribution in [0.2, 0.25) is 0 Å². The van der Waals surface area contributed by atoms with Gasteiger partial charge in [0.15, 0.2) is 0 Å². The number of carboxylic acids is 1. The van der Waals surface area contributed by atoms with Gasteiger partial charge in [0.05, 0.1) is 24.6 Å². The lowest BCUT2D eigenvalue weighted by molar-refractivity contribution is -0.129. The summed E-state index contributed by atoms with van der Waals surface area (Å²) in [6.45, 7) is 5.39. The Kier molecular flexibility index (Phi) is 5.40. The predicted octanol–water partition coefficient (Wildman–Crippen LogP) is 0.0429. The third-order valence-corrected chi connectivity index (χ3v) is 4.61. The molecule has 1 aromatic rings. The number of likely N-dealkylation sites (N-methyl/N-ethyl adjacent to an activating group) is 1. The van der Waals surface area contributed by atoms with E-state index >= 15 is 0 Å². The van der Waals surface area contributed by atoms with E-state index in [1.807, 2.05) is 19.2 Å². The Balaban J connectivity index is 1.92. The first-order chi connectivity index (χ1) is 12.1. The lowest BCUT2D eigenvalue weighted by Crippen LogP contribution is -2.52. The SMILES string of the molecule is CN1CCN(c2ccccc2N2CCOCC2)C(/N=C(\N)C(=O)O)C1. The average Bonchev–Trinajstić information content (AvgIpc) is 2.62. The minimum absolute atomic E-state index is 0.322. The number of para-hydroxylation sites is 2. The van der Waals surface area contributed by atoms with Gasteiger partial charge in [0.2, 0.25) is 5.84 Å². The number of rotatable bonds is 3. The first kappa shape index (κ1) is 17.5. The number of carbonyl (C=O) groups is 1. The number of piperazine rings is 1. The number of anilines is 2. The van der Waals surface area contributed by atoms with Gasteiger partial charge in [-0.05, 0) is 19.2 Å². The summed E-state index contributed by atoms with van der Waals surface area (Å²) in [4.78, 5) is 22.0. The minimum Gasteiger partial charge on any atom is -0.475 e. The zero-order valence-electron chi connectivity index (χ0n) is 14.5. The third-order valence-electron chi connectivity index (χ3n) is 4.61. The van der Waals surface area contributed by atoms with Gasteiger partial charge in [0.25, 0.3) is 0 Å². The Labute approximate surface area is 147 Å². The molecule has 0 amide bonds. The Morgan fingerprint density at radius 1 is 1.20 bits per heavy atom. The summed E-state index contributed by atoms with van der Waals surface area (Å²) in [7, 11) is 2.00. The molecule has 3 rings (SSSR count). The number of nitrogens with two attached hydrogens (primary N) is 1. The predicted molar refractivity (Wildman–Crippen MR) is 97.4 cm³/mol. The number of nitrogens with zero attached hydrogens (tertiary/aromatic N) is 4. The van der Waals surface area contributed by atoms with E-state index in [9.17, 15) is 4.79 Å². The van der Waals surface area contributed by atoms with Crippen molar-refractivity contribution < 1.29 is 14.6 Å². The molecule has 2 aliphatic rings. The standard InChI is InChI=1S/C17H25N5O3/c1-20-6-7-22(15(12-20)19-16(18)17(23)24)14-5-3-2-4-13(14)21-8-10-25-11-9-21/h2-5,15H,6-12H2,1H3,(H2,18,19)(H,23,24). The van der Waals surface area contributed by atoms with Gasteiger partial charge in [-0.3, -0.25) is 0 Å². The molecule has 2 heterocycles. The number of hydrogen-bond acceptors (Lipinski definition) is 6. The smallest absolute Gasteiger partial charge is 0.371 e. The summed E-state index contributed by atoms with van der Waals surface area (Å²) < 4.78 is 5.46. The second-order valence-electron chi connectivity index (χ2n) is 6.34. The van der Waals surface area contributed by atoms with Crippen LogP contribution in [0, 0.1) is 0 Å². The van der Waals surface area contributed by atoms with Crippen molar-refractivity contribution in [2.75, 3.05) is 62.8 Å². The van der Waals surface area contributed by atoms with Gasteiger partial charge >= 0.3 is 5.97 Å². The number of hydrogen-bond donors (Lipinski definition) is 2. The molecular formula is C17H25N5O3. The average molecular weight is 347 g/mol. The topological polar surface area (TPSA) is 94.6 Å². The van der Waals surface area contributed by atoms with Crippen LogP contribution in [0.5, 0.6) is 0 Å². The van der Waals surface area contributed by atoms with E-state index in [4.69, 9.17) is 15.6 Å². The Morgan fingerprint density at radius 2 is 1.88 bits per heavy atom. The van der Waals surface area contributed by atoms with Gasteiger partial charge in [-0.25, -0.2) is 9.79 Å². The van der Waals surface area contributed by atoms with E-state index in [0.29, 0.717) is 19.8 Å². The molecule has 2 fully saturated rings. The summed E-state index contributed by atoms with van der Waals surface area (Å²) in [5.41, 5.74) is 7.78. The number of aliphatic carboxylic acids is 1. The van der Waals surface area contributed by atoms with Gasteiger partial charge in [-0.2, -0.15) is 0 Å². The number of morpholine rings is 1. The molecule has 1 atom stereocenters. The second kappa shape index (κ2) is 7.71. The van der Waals surface area contributed by atoms with Crippen molar-refractivity contribution in [2.24, 2.45) is 10.7 Å². The van der Waals surface area contributed by atoms with E-state index in [2.05, 4.69) is 31.8 Å². The van der Waals surface area contributed by atoms with Crippen molar-refractivity contribution in [3.63, 3.8) is 0 Å². The van der Waals surface area contributed by atoms with Crippen LogP contribution in [0.4, 0.5) is 11.4 Å². The maximum atomic E-state index is 11.1. The molecule has 0 aliphatic carbocycles. The summed E-state index contributed by atoms with van der Waals surface area (Å²) in [6, 6.07) is 8.18. The molecule has 136 valence electrons. The second-order valence-corrected chi connectivity index (χ2v) is 6.34. The molecule has 3 N–H and O–H groups in total. The largest absolute Gasteiger partial charge is 0.475 e. The Bertz CT molecular complexity index is 645. The van der Waals surface area contributed by atoms with Crippen LogP contribution in [0.15, 0.2) is 29.3 Å². The maximum Gasteiger partial charge on any atom is 0.371 e. The van der Waals surface area contributed by atoms with Crippen LogP contribution in [0.25, 0.3) is 0 Å². The summed E-state index contributed by atoms with van der Waals surface area (Å²) in [5.74, 6) is -1.54. The Morgan fingerprint density at radius 3 is 2.56 bits per heavy atom. The van der Waals surface area contributed by atoms with Gasteiger partial charge in [-0.1, -0.05) is 12.1 Å². The molecule has 0 saturated carbocycles. The molecule has 1 aromatic carbocycles. The molecule has 25 heavy (non-hydrogen) atoms. The first-order valence-corrected chi connectivity index (χ1v) is 8.49. The quantitative estimate of drug-likeness (QED) is 0.589. The molecule has 0 bridgehead atoms. The summed E-state index contributed by atoms with van der Waals surface area (Å²) >= 11 is 0. The Hall–Kier alpha value is -2.32. The highest BCUT2D eigenvalue weighted by Crippen LogP contribution is 2.32. The molecule has 0 radical (unpaired) electrons. The van der Waals surface area contributed by atoms with Crippen molar-refractivity contribution >= 4 is 23.2 Å². The molecule has 2 saturated heterocycles. The number of benzene rings is 1. The highest BCUT2D eigenvalue weighted by atomic mass is 16.5. The van der Waals surface area contributed by atoms with E-state index in [1.165, 1.54) is 0 Å². The zero-order valence-corrected chi connectivity index (χ0v) is 14.5. The summed E-state index contributed by atoms with van der Waals surface area (Å²) in [6.07, 6.45) is -0.322. The van der Waals surface area contributed by atoms with E-state index in [0.717, 1.165) is 37.6 Å². The van der Waals surface area contributed by atoms with Crippen LogP contribution in [0.3, 0.4) is 0 Å². The highest BCUT2D eigenvalue weighted by Gasteiger charge is 2.28. The fourth-order valence-corrected chi connectivity index (χ4v) is 3.28. The monoisotopic (exact) mass is 347 g/mol. The lowest BCUT2D eigenvalue weighted by atomic mass is 10.1. The van der Waals surface area contributed by atoms with Crippen LogP contribution in [-0.4, -0.2) is 81.0 Å². The fourth-order valence-electron chi connectivity index (χ4n) is 3.28. The normalized spacial score (nSPS) is 22.9. The first-order valence-electron chi connectivity index (χ1n) is 8.49. The lowest BCUT2D eigenvalue weighted by Gasteiger charge is -2.41. The van der Waals surface area contributed by atoms with E-state index < -0.39 is 5.97 Å².